The lowest BCUT2D eigenvalue weighted by Crippen LogP contribution is -2.35. The lowest BCUT2D eigenvalue weighted by Gasteiger charge is -2.36. The highest BCUT2D eigenvalue weighted by Crippen LogP contribution is 2.42. The van der Waals surface area contributed by atoms with Crippen LogP contribution < -0.4 is 10.6 Å². The van der Waals surface area contributed by atoms with Crippen LogP contribution in [0.15, 0.2) is 36.5 Å². The van der Waals surface area contributed by atoms with Gasteiger partial charge in [0.1, 0.15) is 17.1 Å². The average Bonchev–Trinajstić information content (AvgIpc) is 3.22. The van der Waals surface area contributed by atoms with E-state index in [9.17, 15) is 9.50 Å². The van der Waals surface area contributed by atoms with Crippen molar-refractivity contribution in [3.05, 3.63) is 59.2 Å². The lowest BCUT2D eigenvalue weighted by molar-refractivity contribution is -0.0456. The van der Waals surface area contributed by atoms with E-state index in [1.165, 1.54) is 17.2 Å². The van der Waals surface area contributed by atoms with Crippen molar-refractivity contribution in [1.82, 2.24) is 30.0 Å². The van der Waals surface area contributed by atoms with Crippen molar-refractivity contribution in [2.45, 2.75) is 57.7 Å². The van der Waals surface area contributed by atoms with Crippen LogP contribution in [0, 0.1) is 5.82 Å². The van der Waals surface area contributed by atoms with Crippen molar-refractivity contribution in [3.63, 3.8) is 0 Å². The number of hydrogen-bond acceptors (Lipinski definition) is 7. The summed E-state index contributed by atoms with van der Waals surface area (Å²) in [5, 5.41) is 22.9. The second-order valence-electron chi connectivity index (χ2n) is 9.77. The number of hydrogen-bond donors (Lipinski definition) is 3. The number of fused-ring (bicyclic) bond motifs is 2. The van der Waals surface area contributed by atoms with Crippen LogP contribution in [0.5, 0.6) is 0 Å². The maximum atomic E-state index is 14.6. The molecule has 0 atom stereocenters. The minimum Gasteiger partial charge on any atom is -0.383 e. The molecule has 35 heavy (non-hydrogen) atoms. The standard InChI is InChI=1S/C26H28FN7O/c1-15(2)34-22(21-7-6-20(27)23(31-21)26(35)9-3-10-26)19-14-29-25(32-24(19)33-34)30-18-5-4-17-13-28-11-8-16(17)12-18/h4-7,12,14-15,28,35H,3,8-11,13H2,1-2H3,(H,30,32,33). The van der Waals surface area contributed by atoms with Crippen molar-refractivity contribution in [3.8, 4) is 11.4 Å². The topological polar surface area (TPSA) is 101 Å². The van der Waals surface area contributed by atoms with E-state index in [1.54, 1.807) is 12.3 Å². The van der Waals surface area contributed by atoms with Crippen molar-refractivity contribution in [1.29, 1.82) is 0 Å². The molecule has 1 aliphatic carbocycles. The predicted octanol–water partition coefficient (Wildman–Crippen LogP) is 4.37. The highest BCUT2D eigenvalue weighted by Gasteiger charge is 2.40. The van der Waals surface area contributed by atoms with E-state index in [0.717, 1.165) is 37.0 Å². The van der Waals surface area contributed by atoms with Gasteiger partial charge < -0.3 is 15.7 Å². The number of nitrogens with one attached hydrogen (secondary N) is 2. The Morgan fingerprint density at radius 2 is 2.00 bits per heavy atom. The third-order valence-corrected chi connectivity index (χ3v) is 7.00. The molecule has 6 rings (SSSR count). The summed E-state index contributed by atoms with van der Waals surface area (Å²) in [5.74, 6) is -0.0256. The van der Waals surface area contributed by atoms with E-state index >= 15 is 0 Å². The Bertz CT molecular complexity index is 1430. The van der Waals surface area contributed by atoms with Crippen LogP contribution in [0.3, 0.4) is 0 Å². The van der Waals surface area contributed by atoms with E-state index < -0.39 is 11.4 Å². The van der Waals surface area contributed by atoms with Crippen molar-refractivity contribution in [2.75, 3.05) is 11.9 Å². The van der Waals surface area contributed by atoms with E-state index in [-0.39, 0.29) is 11.7 Å². The first-order valence-corrected chi connectivity index (χ1v) is 12.2. The summed E-state index contributed by atoms with van der Waals surface area (Å²) in [6, 6.07) is 9.34. The monoisotopic (exact) mass is 473 g/mol. The van der Waals surface area contributed by atoms with Crippen LogP contribution in [0.2, 0.25) is 0 Å². The van der Waals surface area contributed by atoms with Gasteiger partial charge in [0, 0.05) is 24.5 Å². The number of aliphatic hydroxyl groups is 1. The maximum absolute atomic E-state index is 14.6. The van der Waals surface area contributed by atoms with Gasteiger partial charge in [0.05, 0.1) is 16.8 Å². The van der Waals surface area contributed by atoms with Gasteiger partial charge in [-0.2, -0.15) is 10.1 Å². The van der Waals surface area contributed by atoms with Crippen molar-refractivity contribution < 1.29 is 9.50 Å². The number of benzene rings is 1. The van der Waals surface area contributed by atoms with Gasteiger partial charge in [-0.3, -0.25) is 4.68 Å². The molecule has 0 amide bonds. The zero-order chi connectivity index (χ0) is 24.2. The van der Waals surface area contributed by atoms with Crippen LogP contribution in [-0.4, -0.2) is 36.4 Å². The number of rotatable bonds is 5. The van der Waals surface area contributed by atoms with Crippen LogP contribution >= 0.6 is 0 Å². The Kier molecular flexibility index (Phi) is 5.26. The molecule has 0 saturated heterocycles. The SMILES string of the molecule is CC(C)n1nc2nc(Nc3ccc4c(c3)CCNC4)ncc2c1-c1ccc(F)c(C2(O)CCC2)n1. The summed E-state index contributed by atoms with van der Waals surface area (Å²) in [6.07, 6.45) is 4.62. The third-order valence-electron chi connectivity index (χ3n) is 7.00. The zero-order valence-electron chi connectivity index (χ0n) is 19.8. The van der Waals surface area contributed by atoms with E-state index in [1.807, 2.05) is 24.6 Å². The minimum atomic E-state index is -1.20. The fourth-order valence-corrected chi connectivity index (χ4v) is 4.91. The number of aromatic nitrogens is 5. The second-order valence-corrected chi connectivity index (χ2v) is 9.77. The van der Waals surface area contributed by atoms with Gasteiger partial charge in [-0.1, -0.05) is 6.07 Å². The molecule has 1 saturated carbocycles. The Morgan fingerprint density at radius 1 is 1.14 bits per heavy atom. The molecular formula is C26H28FN7O. The number of anilines is 2. The molecular weight excluding hydrogens is 445 g/mol. The highest BCUT2D eigenvalue weighted by atomic mass is 19.1. The molecule has 4 heterocycles. The summed E-state index contributed by atoms with van der Waals surface area (Å²) >= 11 is 0. The Hall–Kier alpha value is -3.43. The predicted molar refractivity (Wildman–Crippen MR) is 132 cm³/mol. The summed E-state index contributed by atoms with van der Waals surface area (Å²) in [7, 11) is 0. The highest BCUT2D eigenvalue weighted by molar-refractivity contribution is 5.90. The first-order valence-electron chi connectivity index (χ1n) is 12.2. The molecule has 3 aromatic heterocycles. The molecule has 4 aromatic rings. The van der Waals surface area contributed by atoms with Crippen molar-refractivity contribution in [2.24, 2.45) is 0 Å². The van der Waals surface area contributed by atoms with E-state index in [4.69, 9.17) is 5.10 Å². The summed E-state index contributed by atoms with van der Waals surface area (Å²) < 4.78 is 16.4. The van der Waals surface area contributed by atoms with Gasteiger partial charge in [0.25, 0.3) is 0 Å². The quantitative estimate of drug-likeness (QED) is 0.396. The summed E-state index contributed by atoms with van der Waals surface area (Å²) in [4.78, 5) is 13.8. The largest absolute Gasteiger partial charge is 0.383 e. The minimum absolute atomic E-state index is 0.0203. The molecule has 0 unspecified atom stereocenters. The van der Waals surface area contributed by atoms with Crippen molar-refractivity contribution >= 4 is 22.7 Å². The Labute approximate surface area is 202 Å². The van der Waals surface area contributed by atoms with E-state index in [2.05, 4.69) is 37.7 Å². The molecule has 1 aliphatic heterocycles. The average molecular weight is 474 g/mol. The van der Waals surface area contributed by atoms with Gasteiger partial charge in [-0.15, -0.1) is 0 Å². The summed E-state index contributed by atoms with van der Waals surface area (Å²) in [5.41, 5.74) is 4.28. The maximum Gasteiger partial charge on any atom is 0.229 e. The van der Waals surface area contributed by atoms with Gasteiger partial charge in [-0.25, -0.2) is 14.4 Å². The van der Waals surface area contributed by atoms with E-state index in [0.29, 0.717) is 35.8 Å². The Morgan fingerprint density at radius 3 is 2.77 bits per heavy atom. The summed E-state index contributed by atoms with van der Waals surface area (Å²) in [6.45, 7) is 5.91. The molecule has 0 radical (unpaired) electrons. The fourth-order valence-electron chi connectivity index (χ4n) is 4.91. The molecule has 2 aliphatic rings. The first-order chi connectivity index (χ1) is 16.9. The Balaban J connectivity index is 1.39. The van der Waals surface area contributed by atoms with Crippen LogP contribution in [0.4, 0.5) is 16.0 Å². The molecule has 1 fully saturated rings. The van der Waals surface area contributed by atoms with Gasteiger partial charge >= 0.3 is 0 Å². The van der Waals surface area contributed by atoms with Gasteiger partial charge in [-0.05, 0) is 81.5 Å². The van der Waals surface area contributed by atoms with Crippen LogP contribution in [0.1, 0.15) is 56.0 Å². The smallest absolute Gasteiger partial charge is 0.229 e. The van der Waals surface area contributed by atoms with Crippen LogP contribution in [-0.2, 0) is 18.6 Å². The van der Waals surface area contributed by atoms with Gasteiger partial charge in [0.2, 0.25) is 5.95 Å². The normalized spacial score (nSPS) is 16.8. The molecule has 8 nitrogen and oxygen atoms in total. The molecule has 9 heteroatoms. The number of nitrogens with zero attached hydrogens (tertiary/aromatic N) is 5. The van der Waals surface area contributed by atoms with Crippen LogP contribution in [0.25, 0.3) is 22.4 Å². The molecule has 3 N–H and O–H groups in total. The molecule has 180 valence electrons. The molecule has 0 spiro atoms. The lowest BCUT2D eigenvalue weighted by atomic mass is 9.77. The third kappa shape index (κ3) is 3.84. The molecule has 1 aromatic carbocycles. The zero-order valence-corrected chi connectivity index (χ0v) is 19.8. The fraction of sp³-hybridized carbons (Fsp3) is 0.385. The number of halogens is 1. The first kappa shape index (κ1) is 22.1. The van der Waals surface area contributed by atoms with Gasteiger partial charge in [0.15, 0.2) is 5.65 Å². The molecule has 0 bridgehead atoms. The second kappa shape index (κ2) is 8.35. The number of pyridine rings is 1.